The van der Waals surface area contributed by atoms with Crippen molar-refractivity contribution >= 4 is 0 Å². The highest BCUT2D eigenvalue weighted by molar-refractivity contribution is 4.78. The van der Waals surface area contributed by atoms with E-state index in [9.17, 15) is 0 Å². The molecule has 0 nitrogen and oxygen atoms in total. The third kappa shape index (κ3) is 1.28. The minimum absolute atomic E-state index is 1.00. The Labute approximate surface area is 58.7 Å². The van der Waals surface area contributed by atoms with Gasteiger partial charge in [-0.25, -0.2) is 0 Å². The second-order valence-corrected chi connectivity index (χ2v) is 3.60. The highest BCUT2D eigenvalue weighted by Gasteiger charge is 2.27. The Bertz CT molecular complexity index is 76.0. The molecule has 0 aliphatic heterocycles. The van der Waals surface area contributed by atoms with Crippen LogP contribution in [0.4, 0.5) is 0 Å². The average molecular weight is 126 g/mol. The first-order valence-corrected chi connectivity index (χ1v) is 4.25. The zero-order valence-corrected chi connectivity index (χ0v) is 6.85. The van der Waals surface area contributed by atoms with Gasteiger partial charge in [-0.3, -0.25) is 0 Å². The molecule has 0 aromatic carbocycles. The van der Waals surface area contributed by atoms with Crippen LogP contribution in [0.15, 0.2) is 0 Å². The second kappa shape index (κ2) is 2.72. The fourth-order valence-corrected chi connectivity index (χ4v) is 2.32. The molecule has 1 aliphatic carbocycles. The summed E-state index contributed by atoms with van der Waals surface area (Å²) in [6.07, 6.45) is 4.34. The Morgan fingerprint density at radius 2 is 1.56 bits per heavy atom. The molecule has 0 amide bonds. The van der Waals surface area contributed by atoms with E-state index in [2.05, 4.69) is 20.8 Å². The molecular formula is C9H18. The second-order valence-electron chi connectivity index (χ2n) is 3.60. The molecule has 0 heteroatoms. The standard InChI is InChI=1S/C9H18/c1-4-9-7(2)5-6-8(9)3/h7-9H,4-6H2,1-3H3/t7-,8-/m0/s1. The number of hydrogen-bond acceptors (Lipinski definition) is 0. The molecular weight excluding hydrogens is 108 g/mol. The van der Waals surface area contributed by atoms with Crippen molar-refractivity contribution in [1.29, 1.82) is 0 Å². The maximum absolute atomic E-state index is 2.40. The molecule has 0 N–H and O–H groups in total. The van der Waals surface area contributed by atoms with Crippen molar-refractivity contribution in [2.75, 3.05) is 0 Å². The number of rotatable bonds is 1. The molecule has 0 saturated heterocycles. The Morgan fingerprint density at radius 1 is 1.11 bits per heavy atom. The summed E-state index contributed by atoms with van der Waals surface area (Å²) in [4.78, 5) is 0. The van der Waals surface area contributed by atoms with E-state index in [1.807, 2.05) is 0 Å². The quantitative estimate of drug-likeness (QED) is 0.506. The van der Waals surface area contributed by atoms with Crippen LogP contribution < -0.4 is 0 Å². The summed E-state index contributed by atoms with van der Waals surface area (Å²) in [5.41, 5.74) is 0. The molecule has 1 fully saturated rings. The summed E-state index contributed by atoms with van der Waals surface area (Å²) >= 11 is 0. The van der Waals surface area contributed by atoms with Gasteiger partial charge < -0.3 is 0 Å². The van der Waals surface area contributed by atoms with Gasteiger partial charge in [0.25, 0.3) is 0 Å². The van der Waals surface area contributed by atoms with Gasteiger partial charge in [0.15, 0.2) is 0 Å². The molecule has 0 aromatic rings. The van der Waals surface area contributed by atoms with E-state index in [4.69, 9.17) is 0 Å². The van der Waals surface area contributed by atoms with Gasteiger partial charge in [0.2, 0.25) is 0 Å². The Hall–Kier alpha value is 0. The van der Waals surface area contributed by atoms with Crippen LogP contribution in [0.3, 0.4) is 0 Å². The Morgan fingerprint density at radius 3 is 1.78 bits per heavy atom. The monoisotopic (exact) mass is 126 g/mol. The van der Waals surface area contributed by atoms with Gasteiger partial charge in [0, 0.05) is 0 Å². The van der Waals surface area contributed by atoms with E-state index in [-0.39, 0.29) is 0 Å². The minimum atomic E-state index is 1.00. The predicted octanol–water partition coefficient (Wildman–Crippen LogP) is 3.08. The van der Waals surface area contributed by atoms with E-state index in [0.29, 0.717) is 0 Å². The minimum Gasteiger partial charge on any atom is -0.0651 e. The third-order valence-corrected chi connectivity index (χ3v) is 3.01. The highest BCUT2D eigenvalue weighted by Crippen LogP contribution is 2.38. The maximum atomic E-state index is 2.40. The van der Waals surface area contributed by atoms with Crippen molar-refractivity contribution in [2.24, 2.45) is 17.8 Å². The lowest BCUT2D eigenvalue weighted by Gasteiger charge is -2.16. The zero-order valence-electron chi connectivity index (χ0n) is 6.85. The van der Waals surface area contributed by atoms with Gasteiger partial charge >= 0.3 is 0 Å². The summed E-state index contributed by atoms with van der Waals surface area (Å²) in [5.74, 6) is 3.04. The van der Waals surface area contributed by atoms with Gasteiger partial charge in [-0.1, -0.05) is 40.0 Å². The molecule has 2 atom stereocenters. The van der Waals surface area contributed by atoms with Crippen molar-refractivity contribution in [3.63, 3.8) is 0 Å². The van der Waals surface area contributed by atoms with Crippen LogP contribution in [-0.4, -0.2) is 0 Å². The molecule has 0 aromatic heterocycles. The SMILES string of the molecule is CCC1[C@@H](C)CC[C@@H]1C. The fourth-order valence-electron chi connectivity index (χ4n) is 2.32. The van der Waals surface area contributed by atoms with Gasteiger partial charge in [-0.15, -0.1) is 0 Å². The molecule has 9 heavy (non-hydrogen) atoms. The topological polar surface area (TPSA) is 0 Å². The van der Waals surface area contributed by atoms with Gasteiger partial charge in [-0.2, -0.15) is 0 Å². The van der Waals surface area contributed by atoms with Crippen molar-refractivity contribution in [1.82, 2.24) is 0 Å². The summed E-state index contributed by atoms with van der Waals surface area (Å²) in [6, 6.07) is 0. The highest BCUT2D eigenvalue weighted by atomic mass is 14.3. The van der Waals surface area contributed by atoms with Gasteiger partial charge in [0.1, 0.15) is 0 Å². The first-order valence-electron chi connectivity index (χ1n) is 4.25. The van der Waals surface area contributed by atoms with E-state index in [1.165, 1.54) is 19.3 Å². The van der Waals surface area contributed by atoms with Crippen LogP contribution in [0.2, 0.25) is 0 Å². The first kappa shape index (κ1) is 7.11. The lowest BCUT2D eigenvalue weighted by atomic mass is 9.89. The fraction of sp³-hybridized carbons (Fsp3) is 1.00. The Balaban J connectivity index is 2.44. The first-order chi connectivity index (χ1) is 4.25. The van der Waals surface area contributed by atoms with E-state index in [0.717, 1.165) is 17.8 Å². The molecule has 0 spiro atoms. The smallest absolute Gasteiger partial charge is 0.0365 e. The third-order valence-electron chi connectivity index (χ3n) is 3.01. The lowest BCUT2D eigenvalue weighted by molar-refractivity contribution is 0.336. The molecule has 0 heterocycles. The van der Waals surface area contributed by atoms with Crippen LogP contribution in [0.1, 0.15) is 40.0 Å². The van der Waals surface area contributed by atoms with Gasteiger partial charge in [-0.05, 0) is 17.8 Å². The summed E-state index contributed by atoms with van der Waals surface area (Å²) in [5, 5.41) is 0. The van der Waals surface area contributed by atoms with Crippen molar-refractivity contribution in [3.05, 3.63) is 0 Å². The van der Waals surface area contributed by atoms with Crippen molar-refractivity contribution in [2.45, 2.75) is 40.0 Å². The van der Waals surface area contributed by atoms with Crippen molar-refractivity contribution < 1.29 is 0 Å². The molecule has 1 aliphatic rings. The summed E-state index contributed by atoms with van der Waals surface area (Å²) < 4.78 is 0. The summed E-state index contributed by atoms with van der Waals surface area (Å²) in [6.45, 7) is 7.12. The Kier molecular flexibility index (Phi) is 2.15. The molecule has 0 unspecified atom stereocenters. The average Bonchev–Trinajstić information content (AvgIpc) is 2.12. The normalized spacial score (nSPS) is 37.7. The number of hydrogen-bond donors (Lipinski definition) is 0. The van der Waals surface area contributed by atoms with Crippen molar-refractivity contribution in [3.8, 4) is 0 Å². The van der Waals surface area contributed by atoms with E-state index in [1.54, 1.807) is 0 Å². The van der Waals surface area contributed by atoms with Crippen LogP contribution in [0.5, 0.6) is 0 Å². The van der Waals surface area contributed by atoms with Gasteiger partial charge in [0.05, 0.1) is 0 Å². The zero-order chi connectivity index (χ0) is 6.85. The largest absolute Gasteiger partial charge is 0.0651 e. The molecule has 0 bridgehead atoms. The van der Waals surface area contributed by atoms with Crippen LogP contribution in [-0.2, 0) is 0 Å². The molecule has 54 valence electrons. The molecule has 1 rings (SSSR count). The summed E-state index contributed by atoms with van der Waals surface area (Å²) in [7, 11) is 0. The van der Waals surface area contributed by atoms with Crippen LogP contribution >= 0.6 is 0 Å². The van der Waals surface area contributed by atoms with E-state index >= 15 is 0 Å². The van der Waals surface area contributed by atoms with Crippen LogP contribution in [0, 0.1) is 17.8 Å². The molecule has 0 radical (unpaired) electrons. The lowest BCUT2D eigenvalue weighted by Crippen LogP contribution is -2.08. The predicted molar refractivity (Wildman–Crippen MR) is 41.3 cm³/mol. The van der Waals surface area contributed by atoms with Crippen LogP contribution in [0.25, 0.3) is 0 Å². The van der Waals surface area contributed by atoms with E-state index < -0.39 is 0 Å². The maximum Gasteiger partial charge on any atom is -0.0365 e. The molecule has 1 saturated carbocycles.